The summed E-state index contributed by atoms with van der Waals surface area (Å²) in [4.78, 5) is 25.2. The zero-order chi connectivity index (χ0) is 17.9. The van der Waals surface area contributed by atoms with Crippen LogP contribution in [0, 0.1) is 40.4 Å². The van der Waals surface area contributed by atoms with Gasteiger partial charge in [-0.1, -0.05) is 34.3 Å². The van der Waals surface area contributed by atoms with E-state index in [2.05, 4.69) is 34.3 Å². The topological polar surface area (TPSA) is 46.7 Å². The van der Waals surface area contributed by atoms with E-state index in [4.69, 9.17) is 4.74 Å². The molecule has 1 aliphatic heterocycles. The summed E-state index contributed by atoms with van der Waals surface area (Å²) in [5.74, 6) is 2.91. The Hall–Kier alpha value is -0.960. The first-order chi connectivity index (χ1) is 11.7. The number of hydrogen-bond donors (Lipinski definition) is 0. The van der Waals surface area contributed by atoms with Crippen molar-refractivity contribution in [1.82, 2.24) is 0 Å². The van der Waals surface area contributed by atoms with E-state index in [0.717, 1.165) is 31.3 Å². The van der Waals surface area contributed by atoms with Crippen LogP contribution in [-0.2, 0) is 14.3 Å². The van der Waals surface area contributed by atoms with Crippen molar-refractivity contribution in [2.75, 3.05) is 0 Å². The third kappa shape index (κ3) is 1.52. The minimum absolute atomic E-state index is 0.0210. The Labute approximate surface area is 150 Å². The molecule has 3 heteroatoms. The van der Waals surface area contributed by atoms with Crippen molar-refractivity contribution in [3.63, 3.8) is 0 Å². The molecule has 0 aromatic rings. The number of hydrogen-bond acceptors (Lipinski definition) is 3. The van der Waals surface area contributed by atoms with Crippen molar-refractivity contribution >= 4 is 11.6 Å². The van der Waals surface area contributed by atoms with Crippen LogP contribution in [0.15, 0.2) is 12.2 Å². The third-order valence-electron chi connectivity index (χ3n) is 9.66. The van der Waals surface area contributed by atoms with Crippen molar-refractivity contribution in [3.05, 3.63) is 12.2 Å². The molecule has 1 saturated heterocycles. The maximum absolute atomic E-state index is 12.6. The molecule has 0 N–H and O–H groups in total. The van der Waals surface area contributed by atoms with Gasteiger partial charge in [-0.25, -0.2) is 0 Å². The highest BCUT2D eigenvalue weighted by Crippen LogP contribution is 2.75. The molecular weight excluding hydrogens is 312 g/mol. The lowest BCUT2D eigenvalue weighted by Crippen LogP contribution is -2.64. The molecule has 4 aliphatic carbocycles. The van der Waals surface area contributed by atoms with Crippen molar-refractivity contribution < 1.29 is 14.3 Å². The van der Waals surface area contributed by atoms with Crippen LogP contribution in [0.4, 0.5) is 0 Å². The summed E-state index contributed by atoms with van der Waals surface area (Å²) in [6, 6.07) is 0. The summed E-state index contributed by atoms with van der Waals surface area (Å²) >= 11 is 0. The molecule has 0 bridgehead atoms. The first-order valence-electron chi connectivity index (χ1n) is 10.1. The van der Waals surface area contributed by atoms with E-state index >= 15 is 0 Å². The predicted molar refractivity (Wildman–Crippen MR) is 94.9 cm³/mol. The molecule has 1 heterocycles. The van der Waals surface area contributed by atoms with Crippen molar-refractivity contribution in [3.8, 4) is 0 Å². The second-order valence-corrected chi connectivity index (χ2v) is 10.1. The normalized spacial score (nSPS) is 59.8. The second-order valence-electron chi connectivity index (χ2n) is 10.1. The monoisotopic (exact) mass is 342 g/mol. The first-order valence-corrected chi connectivity index (χ1v) is 10.1. The van der Waals surface area contributed by atoms with Crippen LogP contribution >= 0.6 is 0 Å². The van der Waals surface area contributed by atoms with E-state index in [-0.39, 0.29) is 22.7 Å². The number of rotatable bonds is 0. The Balaban J connectivity index is 1.64. The average Bonchev–Trinajstić information content (AvgIpc) is 3.27. The quantitative estimate of drug-likeness (QED) is 0.494. The minimum Gasteiger partial charge on any atom is -0.352 e. The van der Waals surface area contributed by atoms with Gasteiger partial charge in [0.15, 0.2) is 11.9 Å². The Kier molecular flexibility index (Phi) is 2.90. The van der Waals surface area contributed by atoms with Gasteiger partial charge in [-0.05, 0) is 54.4 Å². The van der Waals surface area contributed by atoms with E-state index < -0.39 is 5.60 Å². The number of epoxide rings is 1. The molecular formula is C22H30O3. The van der Waals surface area contributed by atoms with Gasteiger partial charge in [0.25, 0.3) is 0 Å². The van der Waals surface area contributed by atoms with Crippen LogP contribution in [-0.4, -0.2) is 23.3 Å². The maximum atomic E-state index is 12.6. The number of ketones is 2. The van der Waals surface area contributed by atoms with E-state index in [1.54, 1.807) is 0 Å². The molecule has 3 nitrogen and oxygen atoms in total. The lowest BCUT2D eigenvalue weighted by Gasteiger charge is -2.62. The smallest absolute Gasteiger partial charge is 0.165 e. The fourth-order valence-electron chi connectivity index (χ4n) is 8.01. The molecule has 5 rings (SSSR count). The van der Waals surface area contributed by atoms with Gasteiger partial charge < -0.3 is 4.74 Å². The van der Waals surface area contributed by atoms with Gasteiger partial charge in [0.1, 0.15) is 11.4 Å². The molecule has 25 heavy (non-hydrogen) atoms. The van der Waals surface area contributed by atoms with Gasteiger partial charge in [-0.3, -0.25) is 9.59 Å². The summed E-state index contributed by atoms with van der Waals surface area (Å²) < 4.78 is 6.23. The summed E-state index contributed by atoms with van der Waals surface area (Å²) in [6.07, 6.45) is 4.27. The summed E-state index contributed by atoms with van der Waals surface area (Å²) in [7, 11) is 0. The van der Waals surface area contributed by atoms with Gasteiger partial charge in [-0.2, -0.15) is 0 Å². The Morgan fingerprint density at radius 3 is 2.56 bits per heavy atom. The van der Waals surface area contributed by atoms with Gasteiger partial charge in [0.05, 0.1) is 0 Å². The maximum Gasteiger partial charge on any atom is 0.165 e. The second kappa shape index (κ2) is 4.47. The van der Waals surface area contributed by atoms with E-state index in [1.807, 2.05) is 0 Å². The lowest BCUT2D eigenvalue weighted by molar-refractivity contribution is -0.146. The first kappa shape index (κ1) is 16.2. The molecule has 0 amide bonds. The summed E-state index contributed by atoms with van der Waals surface area (Å²) in [5.41, 5.74) is 0.573. The standard InChI is InChI=1S/C22H30O3/c1-11-10-16(23)19-22(25-19)13(3)12(2)18-14-6-7-17(24)20(14,4)9-8-15(18)21(11,22)5/h11-12,14-15,18-19H,3,6-10H2,1-2,4-5H3/t11-,12-,14+,15+,18+,19?,20+,21-,22?/m1/s1. The number of carbonyl (C=O) groups excluding carboxylic acids is 2. The zero-order valence-corrected chi connectivity index (χ0v) is 15.9. The Bertz CT molecular complexity index is 710. The van der Waals surface area contributed by atoms with E-state index in [0.29, 0.717) is 41.8 Å². The van der Waals surface area contributed by atoms with Gasteiger partial charge in [-0.15, -0.1) is 0 Å². The molecule has 9 atom stereocenters. The number of fused-ring (bicyclic) bond motifs is 4. The fraction of sp³-hybridized carbons (Fsp3) is 0.818. The minimum atomic E-state index is -0.418. The molecule has 1 spiro atoms. The predicted octanol–water partition coefficient (Wildman–Crippen LogP) is 3.96. The Morgan fingerprint density at radius 2 is 1.84 bits per heavy atom. The van der Waals surface area contributed by atoms with Gasteiger partial charge >= 0.3 is 0 Å². The van der Waals surface area contributed by atoms with Crippen molar-refractivity contribution in [1.29, 1.82) is 0 Å². The molecule has 0 aromatic carbocycles. The highest BCUT2D eigenvalue weighted by Gasteiger charge is 2.80. The van der Waals surface area contributed by atoms with Crippen LogP contribution in [0.2, 0.25) is 0 Å². The SMILES string of the molecule is C=C1[C@@H](C)[C@@H]2[C@H](CC[C@]3(C)C(=O)CC[C@@H]23)[C@@]2(C)[C@H](C)CC(=O)C3OC132. The number of carbonyl (C=O) groups is 2. The van der Waals surface area contributed by atoms with E-state index in [1.165, 1.54) is 0 Å². The van der Waals surface area contributed by atoms with Gasteiger partial charge in [0.2, 0.25) is 0 Å². The molecule has 4 saturated carbocycles. The van der Waals surface area contributed by atoms with Crippen LogP contribution in [0.1, 0.15) is 59.8 Å². The van der Waals surface area contributed by atoms with Crippen molar-refractivity contribution in [2.45, 2.75) is 71.5 Å². The highest BCUT2D eigenvalue weighted by molar-refractivity contribution is 5.90. The molecule has 0 radical (unpaired) electrons. The fourth-order valence-corrected chi connectivity index (χ4v) is 8.01. The zero-order valence-electron chi connectivity index (χ0n) is 15.9. The molecule has 5 aliphatic rings. The summed E-state index contributed by atoms with van der Waals surface area (Å²) in [6.45, 7) is 13.6. The largest absolute Gasteiger partial charge is 0.352 e. The van der Waals surface area contributed by atoms with Crippen LogP contribution in [0.25, 0.3) is 0 Å². The number of ether oxygens (including phenoxy) is 1. The lowest BCUT2D eigenvalue weighted by atomic mass is 9.40. The third-order valence-corrected chi connectivity index (χ3v) is 9.66. The van der Waals surface area contributed by atoms with E-state index in [9.17, 15) is 9.59 Å². The number of Topliss-reactive ketones (excluding diaryl/α,β-unsaturated/α-hetero) is 2. The van der Waals surface area contributed by atoms with Crippen LogP contribution < -0.4 is 0 Å². The van der Waals surface area contributed by atoms with Gasteiger partial charge in [0, 0.05) is 23.7 Å². The molecule has 2 unspecified atom stereocenters. The highest BCUT2D eigenvalue weighted by atomic mass is 16.6. The van der Waals surface area contributed by atoms with Crippen LogP contribution in [0.3, 0.4) is 0 Å². The molecule has 136 valence electrons. The molecule has 5 fully saturated rings. The summed E-state index contributed by atoms with van der Waals surface area (Å²) in [5, 5.41) is 0. The van der Waals surface area contributed by atoms with Crippen molar-refractivity contribution in [2.24, 2.45) is 40.4 Å². The molecule has 0 aromatic heterocycles. The Morgan fingerprint density at radius 1 is 1.12 bits per heavy atom. The van der Waals surface area contributed by atoms with Crippen LogP contribution in [0.5, 0.6) is 0 Å². The average molecular weight is 342 g/mol.